The number of rotatable bonds is 0. The summed E-state index contributed by atoms with van der Waals surface area (Å²) in [6, 6.07) is 4.41. The minimum absolute atomic E-state index is 0.0767. The fraction of sp³-hybridized carbons (Fsp3) is 0.455. The van der Waals surface area contributed by atoms with Gasteiger partial charge in [0.25, 0.3) is 0 Å². The van der Waals surface area contributed by atoms with Crippen LogP contribution in [0, 0.1) is 0 Å². The van der Waals surface area contributed by atoms with Crippen LogP contribution >= 0.6 is 23.2 Å². The molecule has 0 radical (unpaired) electrons. The second-order valence-electron chi connectivity index (χ2n) is 3.95. The summed E-state index contributed by atoms with van der Waals surface area (Å²) < 4.78 is 38.8. The lowest BCUT2D eigenvalue weighted by molar-refractivity contribution is -0.168. The lowest BCUT2D eigenvalue weighted by Gasteiger charge is -2.35. The molecule has 0 spiro atoms. The summed E-state index contributed by atoms with van der Waals surface area (Å²) in [4.78, 5) is -2.24. The highest BCUT2D eigenvalue weighted by atomic mass is 35.5. The third-order valence-corrected chi connectivity index (χ3v) is 3.75. The molecule has 5 heteroatoms. The van der Waals surface area contributed by atoms with E-state index in [-0.39, 0.29) is 12.0 Å². The van der Waals surface area contributed by atoms with Gasteiger partial charge in [0.05, 0.1) is 0 Å². The standard InChI is InChI=1S/C11H9Cl2F3/c12-8-3-4-9-7(6-8)2-1-5-10(9,13)11(14,15)16/h3-4,6H,1-2,5H2. The van der Waals surface area contributed by atoms with E-state index in [1.807, 2.05) is 0 Å². The van der Waals surface area contributed by atoms with Crippen molar-refractivity contribution in [3.8, 4) is 0 Å². The minimum Gasteiger partial charge on any atom is -0.169 e. The van der Waals surface area contributed by atoms with Crippen LogP contribution in [0.1, 0.15) is 24.0 Å². The molecule has 0 N–H and O–H groups in total. The van der Waals surface area contributed by atoms with E-state index in [1.165, 1.54) is 12.1 Å². The maximum absolute atomic E-state index is 12.9. The Balaban J connectivity index is 2.56. The maximum Gasteiger partial charge on any atom is 0.411 e. The number of hydrogen-bond donors (Lipinski definition) is 0. The first-order chi connectivity index (χ1) is 7.34. The molecule has 0 aromatic heterocycles. The van der Waals surface area contributed by atoms with Crippen LogP contribution < -0.4 is 0 Å². The van der Waals surface area contributed by atoms with Crippen molar-refractivity contribution >= 4 is 23.2 Å². The smallest absolute Gasteiger partial charge is 0.169 e. The highest BCUT2D eigenvalue weighted by Crippen LogP contribution is 2.51. The number of benzene rings is 1. The molecule has 0 amide bonds. The number of aryl methyl sites for hydroxylation is 1. The van der Waals surface area contributed by atoms with Crippen molar-refractivity contribution in [3.05, 3.63) is 34.3 Å². The predicted octanol–water partition coefficient (Wildman–Crippen LogP) is 4.67. The summed E-state index contributed by atoms with van der Waals surface area (Å²) >= 11 is 11.5. The average Bonchev–Trinajstić information content (AvgIpc) is 2.15. The first kappa shape index (κ1) is 12.1. The lowest BCUT2D eigenvalue weighted by atomic mass is 9.81. The summed E-state index contributed by atoms with van der Waals surface area (Å²) in [6.45, 7) is 0. The van der Waals surface area contributed by atoms with Crippen LogP contribution in [-0.4, -0.2) is 6.18 Å². The van der Waals surface area contributed by atoms with Gasteiger partial charge in [-0.1, -0.05) is 17.7 Å². The van der Waals surface area contributed by atoms with Gasteiger partial charge in [-0.25, -0.2) is 0 Å². The van der Waals surface area contributed by atoms with Gasteiger partial charge < -0.3 is 0 Å². The Morgan fingerprint density at radius 3 is 2.56 bits per heavy atom. The molecule has 1 atom stereocenters. The van der Waals surface area contributed by atoms with Crippen LogP contribution in [-0.2, 0) is 11.3 Å². The molecule has 0 aliphatic heterocycles. The molecule has 0 saturated carbocycles. The molecule has 16 heavy (non-hydrogen) atoms. The van der Waals surface area contributed by atoms with Crippen LogP contribution in [0.25, 0.3) is 0 Å². The first-order valence-electron chi connectivity index (χ1n) is 4.89. The van der Waals surface area contributed by atoms with Crippen molar-refractivity contribution in [2.45, 2.75) is 30.3 Å². The van der Waals surface area contributed by atoms with E-state index < -0.39 is 11.1 Å². The molecule has 1 unspecified atom stereocenters. The Kier molecular flexibility index (Phi) is 2.87. The number of alkyl halides is 4. The molecule has 1 aliphatic carbocycles. The third kappa shape index (κ3) is 1.80. The van der Waals surface area contributed by atoms with Gasteiger partial charge >= 0.3 is 6.18 Å². The highest BCUT2D eigenvalue weighted by Gasteiger charge is 2.56. The van der Waals surface area contributed by atoms with Crippen molar-refractivity contribution in [2.24, 2.45) is 0 Å². The summed E-state index contributed by atoms with van der Waals surface area (Å²) in [6.07, 6.45) is -3.49. The zero-order chi connectivity index (χ0) is 12.0. The van der Waals surface area contributed by atoms with Crippen molar-refractivity contribution in [1.29, 1.82) is 0 Å². The molecule has 0 fully saturated rings. The third-order valence-electron chi connectivity index (χ3n) is 2.91. The van der Waals surface area contributed by atoms with Gasteiger partial charge in [-0.2, -0.15) is 13.2 Å². The van der Waals surface area contributed by atoms with Gasteiger partial charge in [-0.3, -0.25) is 0 Å². The monoisotopic (exact) mass is 268 g/mol. The molecule has 1 aromatic carbocycles. The van der Waals surface area contributed by atoms with Gasteiger partial charge in [-0.05, 0) is 42.5 Å². The fourth-order valence-electron chi connectivity index (χ4n) is 2.11. The van der Waals surface area contributed by atoms with Crippen LogP contribution in [0.3, 0.4) is 0 Å². The molecule has 0 nitrogen and oxygen atoms in total. The molecule has 0 saturated heterocycles. The maximum atomic E-state index is 12.9. The Morgan fingerprint density at radius 1 is 1.25 bits per heavy atom. The Hall–Kier alpha value is -0.410. The largest absolute Gasteiger partial charge is 0.411 e. The van der Waals surface area contributed by atoms with Gasteiger partial charge in [-0.15, -0.1) is 11.6 Å². The molecular weight excluding hydrogens is 260 g/mol. The molecule has 88 valence electrons. The molecule has 1 aromatic rings. The Bertz CT molecular complexity index is 414. The number of halogens is 5. The SMILES string of the molecule is FC(F)(F)C1(Cl)CCCc2cc(Cl)ccc21. The van der Waals surface area contributed by atoms with Gasteiger partial charge in [0, 0.05) is 5.02 Å². The van der Waals surface area contributed by atoms with Gasteiger partial charge in [0.1, 0.15) is 0 Å². The fourth-order valence-corrected chi connectivity index (χ4v) is 2.62. The van der Waals surface area contributed by atoms with Crippen LogP contribution in [0.5, 0.6) is 0 Å². The first-order valence-corrected chi connectivity index (χ1v) is 5.65. The quantitative estimate of drug-likeness (QED) is 0.600. The van der Waals surface area contributed by atoms with E-state index in [4.69, 9.17) is 23.2 Å². The number of fused-ring (bicyclic) bond motifs is 1. The number of hydrogen-bond acceptors (Lipinski definition) is 0. The van der Waals surface area contributed by atoms with Crippen LogP contribution in [0.4, 0.5) is 13.2 Å². The molecule has 0 bridgehead atoms. The Labute approximate surface area is 101 Å². The highest BCUT2D eigenvalue weighted by molar-refractivity contribution is 6.30. The molecule has 1 aliphatic rings. The van der Waals surface area contributed by atoms with E-state index in [0.29, 0.717) is 23.4 Å². The molecular formula is C11H9Cl2F3. The normalized spacial score (nSPS) is 25.3. The second-order valence-corrected chi connectivity index (χ2v) is 5.04. The minimum atomic E-state index is -4.43. The average molecular weight is 269 g/mol. The second kappa shape index (κ2) is 3.81. The van der Waals surface area contributed by atoms with Crippen molar-refractivity contribution in [2.75, 3.05) is 0 Å². The predicted molar refractivity (Wildman–Crippen MR) is 58.0 cm³/mol. The Morgan fingerprint density at radius 2 is 1.94 bits per heavy atom. The van der Waals surface area contributed by atoms with E-state index >= 15 is 0 Å². The zero-order valence-corrected chi connectivity index (χ0v) is 9.76. The van der Waals surface area contributed by atoms with Crippen molar-refractivity contribution < 1.29 is 13.2 Å². The summed E-state index contributed by atoms with van der Waals surface area (Å²) in [7, 11) is 0. The molecule has 0 heterocycles. The topological polar surface area (TPSA) is 0 Å². The van der Waals surface area contributed by atoms with Crippen LogP contribution in [0.2, 0.25) is 5.02 Å². The van der Waals surface area contributed by atoms with Crippen molar-refractivity contribution in [1.82, 2.24) is 0 Å². The van der Waals surface area contributed by atoms with E-state index in [1.54, 1.807) is 6.07 Å². The van der Waals surface area contributed by atoms with E-state index in [9.17, 15) is 13.2 Å². The van der Waals surface area contributed by atoms with Crippen LogP contribution in [0.15, 0.2) is 18.2 Å². The molecule has 2 rings (SSSR count). The zero-order valence-electron chi connectivity index (χ0n) is 8.24. The lowest BCUT2D eigenvalue weighted by Crippen LogP contribution is -2.40. The van der Waals surface area contributed by atoms with Gasteiger partial charge in [0.15, 0.2) is 4.87 Å². The van der Waals surface area contributed by atoms with Crippen molar-refractivity contribution in [3.63, 3.8) is 0 Å². The van der Waals surface area contributed by atoms with Gasteiger partial charge in [0.2, 0.25) is 0 Å². The van der Waals surface area contributed by atoms with E-state index in [2.05, 4.69) is 0 Å². The van der Waals surface area contributed by atoms with E-state index in [0.717, 1.165) is 0 Å². The summed E-state index contributed by atoms with van der Waals surface area (Å²) in [5, 5.41) is 0.446. The summed E-state index contributed by atoms with van der Waals surface area (Å²) in [5.74, 6) is 0. The summed E-state index contributed by atoms with van der Waals surface area (Å²) in [5.41, 5.74) is 0.753.